The third-order valence-electron chi connectivity index (χ3n) is 3.55. The summed E-state index contributed by atoms with van der Waals surface area (Å²) in [4.78, 5) is 25.6. The molecule has 3 N–H and O–H groups in total. The molecule has 1 amide bonds. The Bertz CT molecular complexity index is 542. The number of piperazine rings is 1. The van der Waals surface area contributed by atoms with Gasteiger partial charge in [0.1, 0.15) is 5.82 Å². The van der Waals surface area contributed by atoms with Crippen molar-refractivity contribution in [2.75, 3.05) is 32.7 Å². The second-order valence-electron chi connectivity index (χ2n) is 5.12. The van der Waals surface area contributed by atoms with E-state index in [4.69, 9.17) is 10.8 Å². The first-order valence-electron chi connectivity index (χ1n) is 6.70. The van der Waals surface area contributed by atoms with Crippen LogP contribution in [-0.4, -0.2) is 59.5 Å². The number of aliphatic carboxylic acids is 1. The molecule has 0 radical (unpaired) electrons. The lowest BCUT2D eigenvalue weighted by molar-refractivity contribution is -0.138. The summed E-state index contributed by atoms with van der Waals surface area (Å²) in [6, 6.07) is 4.09. The predicted octanol–water partition coefficient (Wildman–Crippen LogP) is 0.127. The summed E-state index contributed by atoms with van der Waals surface area (Å²) in [5, 5.41) is 8.74. The van der Waals surface area contributed by atoms with Crippen LogP contribution in [0.2, 0.25) is 0 Å². The molecule has 1 aliphatic rings. The van der Waals surface area contributed by atoms with E-state index in [-0.39, 0.29) is 17.9 Å². The van der Waals surface area contributed by atoms with E-state index >= 15 is 0 Å². The van der Waals surface area contributed by atoms with E-state index in [2.05, 4.69) is 0 Å². The van der Waals surface area contributed by atoms with E-state index in [9.17, 15) is 14.0 Å². The fourth-order valence-electron chi connectivity index (χ4n) is 2.39. The van der Waals surface area contributed by atoms with Crippen molar-refractivity contribution in [3.05, 3.63) is 35.1 Å². The molecule has 0 unspecified atom stereocenters. The fourth-order valence-corrected chi connectivity index (χ4v) is 2.39. The SMILES string of the molecule is NC(=O)c1ccc(F)c(CN2CCN(CC(=O)O)CC2)c1. The highest BCUT2D eigenvalue weighted by molar-refractivity contribution is 5.92. The number of nitrogens with zero attached hydrogens (tertiary/aromatic N) is 2. The number of carboxylic acids is 1. The van der Waals surface area contributed by atoms with Crippen molar-refractivity contribution in [3.8, 4) is 0 Å². The largest absolute Gasteiger partial charge is 0.480 e. The normalized spacial score (nSPS) is 16.8. The van der Waals surface area contributed by atoms with Crippen molar-refractivity contribution in [1.29, 1.82) is 0 Å². The first kappa shape index (κ1) is 15.4. The first-order valence-corrected chi connectivity index (χ1v) is 6.70. The number of nitrogens with two attached hydrogens (primary N) is 1. The molecule has 1 saturated heterocycles. The Hall–Kier alpha value is -1.99. The minimum atomic E-state index is -0.844. The molecule has 0 aromatic heterocycles. The molecule has 0 aliphatic carbocycles. The van der Waals surface area contributed by atoms with E-state index in [1.807, 2.05) is 9.80 Å². The van der Waals surface area contributed by atoms with Crippen LogP contribution in [0.5, 0.6) is 0 Å². The van der Waals surface area contributed by atoms with Crippen LogP contribution in [0.1, 0.15) is 15.9 Å². The topological polar surface area (TPSA) is 86.9 Å². The molecule has 1 heterocycles. The third kappa shape index (κ3) is 4.24. The lowest BCUT2D eigenvalue weighted by atomic mass is 10.1. The maximum Gasteiger partial charge on any atom is 0.317 e. The van der Waals surface area contributed by atoms with Gasteiger partial charge in [0.2, 0.25) is 5.91 Å². The number of carboxylic acid groups (broad SMARTS) is 1. The molecule has 1 aliphatic heterocycles. The molecule has 1 fully saturated rings. The second-order valence-corrected chi connectivity index (χ2v) is 5.12. The molecule has 2 rings (SSSR count). The molecule has 6 nitrogen and oxygen atoms in total. The number of halogens is 1. The third-order valence-corrected chi connectivity index (χ3v) is 3.55. The van der Waals surface area contributed by atoms with E-state index in [0.717, 1.165) is 0 Å². The number of hydrogen-bond donors (Lipinski definition) is 2. The Balaban J connectivity index is 1.95. The van der Waals surface area contributed by atoms with Crippen molar-refractivity contribution < 1.29 is 19.1 Å². The zero-order valence-corrected chi connectivity index (χ0v) is 11.6. The molecule has 1 aromatic rings. The van der Waals surface area contributed by atoms with Crippen LogP contribution in [-0.2, 0) is 11.3 Å². The summed E-state index contributed by atoms with van der Waals surface area (Å²) >= 11 is 0. The Morgan fingerprint density at radius 1 is 1.19 bits per heavy atom. The monoisotopic (exact) mass is 295 g/mol. The van der Waals surface area contributed by atoms with Crippen LogP contribution in [0.3, 0.4) is 0 Å². The summed E-state index contributed by atoms with van der Waals surface area (Å²) in [7, 11) is 0. The lowest BCUT2D eigenvalue weighted by Gasteiger charge is -2.33. The fraction of sp³-hybridized carbons (Fsp3) is 0.429. The summed E-state index contributed by atoms with van der Waals surface area (Å²) in [6.45, 7) is 2.99. The summed E-state index contributed by atoms with van der Waals surface area (Å²) in [5.41, 5.74) is 5.91. The zero-order chi connectivity index (χ0) is 15.4. The zero-order valence-electron chi connectivity index (χ0n) is 11.6. The Labute approximate surface area is 121 Å². The molecule has 0 spiro atoms. The predicted molar refractivity (Wildman–Crippen MR) is 74.3 cm³/mol. The average molecular weight is 295 g/mol. The molecular formula is C14H18FN3O3. The van der Waals surface area contributed by atoms with Gasteiger partial charge in [-0.05, 0) is 18.2 Å². The maximum absolute atomic E-state index is 13.8. The van der Waals surface area contributed by atoms with Gasteiger partial charge < -0.3 is 10.8 Å². The molecule has 0 saturated carbocycles. The van der Waals surface area contributed by atoms with Gasteiger partial charge in [-0.25, -0.2) is 4.39 Å². The van der Waals surface area contributed by atoms with Gasteiger partial charge in [0.25, 0.3) is 0 Å². The van der Waals surface area contributed by atoms with Crippen LogP contribution >= 0.6 is 0 Å². The molecule has 114 valence electrons. The quantitative estimate of drug-likeness (QED) is 0.806. The minimum Gasteiger partial charge on any atom is -0.480 e. The molecule has 7 heteroatoms. The van der Waals surface area contributed by atoms with Gasteiger partial charge in [0.15, 0.2) is 0 Å². The van der Waals surface area contributed by atoms with Gasteiger partial charge in [-0.1, -0.05) is 0 Å². The highest BCUT2D eigenvalue weighted by Gasteiger charge is 2.19. The van der Waals surface area contributed by atoms with E-state index in [1.54, 1.807) is 0 Å². The highest BCUT2D eigenvalue weighted by atomic mass is 19.1. The lowest BCUT2D eigenvalue weighted by Crippen LogP contribution is -2.47. The molecule has 21 heavy (non-hydrogen) atoms. The van der Waals surface area contributed by atoms with Crippen molar-refractivity contribution in [3.63, 3.8) is 0 Å². The first-order chi connectivity index (χ1) is 9.95. The van der Waals surface area contributed by atoms with Crippen molar-refractivity contribution in [2.24, 2.45) is 5.73 Å². The van der Waals surface area contributed by atoms with E-state index in [1.165, 1.54) is 18.2 Å². The number of rotatable bonds is 5. The van der Waals surface area contributed by atoms with Gasteiger partial charge in [0, 0.05) is 43.9 Å². The second kappa shape index (κ2) is 6.64. The standard InChI is InChI=1S/C14H18FN3O3/c15-12-2-1-10(14(16)21)7-11(12)8-17-3-5-18(6-4-17)9-13(19)20/h1-2,7H,3-6,8-9H2,(H2,16,21)(H,19,20). The Morgan fingerprint density at radius 3 is 2.38 bits per heavy atom. The summed E-state index contributed by atoms with van der Waals surface area (Å²) in [5.74, 6) is -1.79. The Morgan fingerprint density at radius 2 is 1.81 bits per heavy atom. The van der Waals surface area contributed by atoms with E-state index < -0.39 is 11.9 Å². The molecule has 0 bridgehead atoms. The van der Waals surface area contributed by atoms with Crippen LogP contribution in [0.4, 0.5) is 4.39 Å². The molecule has 0 atom stereocenters. The van der Waals surface area contributed by atoms with Gasteiger partial charge >= 0.3 is 5.97 Å². The summed E-state index contributed by atoms with van der Waals surface area (Å²) < 4.78 is 13.8. The van der Waals surface area contributed by atoms with Gasteiger partial charge in [-0.15, -0.1) is 0 Å². The Kier molecular flexibility index (Phi) is 4.87. The van der Waals surface area contributed by atoms with Crippen LogP contribution < -0.4 is 5.73 Å². The van der Waals surface area contributed by atoms with Crippen molar-refractivity contribution in [1.82, 2.24) is 9.80 Å². The number of benzene rings is 1. The number of hydrogen-bond acceptors (Lipinski definition) is 4. The number of carbonyl (C=O) groups is 2. The average Bonchev–Trinajstić information content (AvgIpc) is 2.42. The molecular weight excluding hydrogens is 277 g/mol. The minimum absolute atomic E-state index is 0.0271. The van der Waals surface area contributed by atoms with Crippen LogP contribution in [0, 0.1) is 5.82 Å². The van der Waals surface area contributed by atoms with Crippen molar-refractivity contribution >= 4 is 11.9 Å². The summed E-state index contributed by atoms with van der Waals surface area (Å²) in [6.07, 6.45) is 0. The number of primary amides is 1. The van der Waals surface area contributed by atoms with Crippen molar-refractivity contribution in [2.45, 2.75) is 6.54 Å². The molecule has 1 aromatic carbocycles. The van der Waals surface area contributed by atoms with Gasteiger partial charge in [-0.3, -0.25) is 19.4 Å². The van der Waals surface area contributed by atoms with Crippen LogP contribution in [0.15, 0.2) is 18.2 Å². The maximum atomic E-state index is 13.8. The highest BCUT2D eigenvalue weighted by Crippen LogP contribution is 2.14. The smallest absolute Gasteiger partial charge is 0.317 e. The number of amides is 1. The number of carbonyl (C=O) groups excluding carboxylic acids is 1. The van der Waals surface area contributed by atoms with E-state index in [0.29, 0.717) is 38.3 Å². The van der Waals surface area contributed by atoms with Crippen LogP contribution in [0.25, 0.3) is 0 Å². The van der Waals surface area contributed by atoms with Gasteiger partial charge in [0.05, 0.1) is 6.54 Å². The van der Waals surface area contributed by atoms with Gasteiger partial charge in [-0.2, -0.15) is 0 Å².